The highest BCUT2D eigenvalue weighted by atomic mass is 16.4. The average Bonchev–Trinajstić information content (AvgIpc) is 2.54. The topological polar surface area (TPSA) is 37.3 Å². The molecule has 0 aromatic heterocycles. The average molecular weight is 296 g/mol. The molecule has 2 rings (SSSR count). The number of hydrogen-bond donors (Lipinski definition) is 1. The van der Waals surface area contributed by atoms with E-state index in [0.717, 1.165) is 30.4 Å². The summed E-state index contributed by atoms with van der Waals surface area (Å²) in [4.78, 5) is 11.7. The molecular weight excluding hydrogens is 272 g/mol. The standard InChI is InChI=1S/C20H24O2/c1-4-15-13-19(20(21)22)18(17(6-3)16(15)5-2)12-14-10-8-7-9-11-14/h7-11,13H,4-6,12H2,1-3H3,(H,21,22). The number of hydrogen-bond acceptors (Lipinski definition) is 1. The lowest BCUT2D eigenvalue weighted by Gasteiger charge is -2.19. The van der Waals surface area contributed by atoms with Gasteiger partial charge < -0.3 is 5.11 Å². The first-order chi connectivity index (χ1) is 10.6. The fraction of sp³-hybridized carbons (Fsp3) is 0.350. The molecule has 0 heterocycles. The van der Waals surface area contributed by atoms with Gasteiger partial charge in [0.25, 0.3) is 0 Å². The van der Waals surface area contributed by atoms with Gasteiger partial charge in [0, 0.05) is 0 Å². The van der Waals surface area contributed by atoms with E-state index in [0.29, 0.717) is 12.0 Å². The zero-order valence-electron chi connectivity index (χ0n) is 13.6. The van der Waals surface area contributed by atoms with Crippen LogP contribution in [0.3, 0.4) is 0 Å². The highest BCUT2D eigenvalue weighted by molar-refractivity contribution is 5.90. The minimum atomic E-state index is -0.821. The van der Waals surface area contributed by atoms with E-state index in [-0.39, 0.29) is 0 Å². The molecule has 0 aliphatic rings. The van der Waals surface area contributed by atoms with Crippen LogP contribution in [0.5, 0.6) is 0 Å². The Morgan fingerprint density at radius 3 is 2.05 bits per heavy atom. The highest BCUT2D eigenvalue weighted by Gasteiger charge is 2.19. The van der Waals surface area contributed by atoms with Gasteiger partial charge in [-0.2, -0.15) is 0 Å². The molecule has 22 heavy (non-hydrogen) atoms. The Morgan fingerprint density at radius 1 is 0.909 bits per heavy atom. The summed E-state index contributed by atoms with van der Waals surface area (Å²) < 4.78 is 0. The Kier molecular flexibility index (Phi) is 5.37. The fourth-order valence-corrected chi connectivity index (χ4v) is 3.26. The van der Waals surface area contributed by atoms with E-state index in [2.05, 4.69) is 32.9 Å². The van der Waals surface area contributed by atoms with Crippen LogP contribution in [-0.4, -0.2) is 11.1 Å². The summed E-state index contributed by atoms with van der Waals surface area (Å²) in [6.45, 7) is 6.37. The molecule has 0 fully saturated rings. The van der Waals surface area contributed by atoms with Crippen molar-refractivity contribution in [1.29, 1.82) is 0 Å². The van der Waals surface area contributed by atoms with E-state index in [9.17, 15) is 9.90 Å². The molecule has 0 aliphatic carbocycles. The van der Waals surface area contributed by atoms with Crippen LogP contribution in [0.15, 0.2) is 36.4 Å². The first kappa shape index (κ1) is 16.3. The van der Waals surface area contributed by atoms with Crippen LogP contribution >= 0.6 is 0 Å². The van der Waals surface area contributed by atoms with Crippen molar-refractivity contribution >= 4 is 5.97 Å². The van der Waals surface area contributed by atoms with Crippen LogP contribution in [-0.2, 0) is 25.7 Å². The van der Waals surface area contributed by atoms with Gasteiger partial charge >= 0.3 is 5.97 Å². The second-order valence-electron chi connectivity index (χ2n) is 5.55. The van der Waals surface area contributed by atoms with E-state index >= 15 is 0 Å². The molecular formula is C20H24O2. The number of aromatic carboxylic acids is 1. The monoisotopic (exact) mass is 296 g/mol. The second kappa shape index (κ2) is 7.26. The minimum Gasteiger partial charge on any atom is -0.478 e. The summed E-state index contributed by atoms with van der Waals surface area (Å²) in [6, 6.07) is 12.0. The predicted molar refractivity (Wildman–Crippen MR) is 90.8 cm³/mol. The minimum absolute atomic E-state index is 0.467. The summed E-state index contributed by atoms with van der Waals surface area (Å²) in [5, 5.41) is 9.65. The first-order valence-electron chi connectivity index (χ1n) is 8.05. The molecule has 0 radical (unpaired) electrons. The van der Waals surface area contributed by atoms with Crippen LogP contribution in [0, 0.1) is 0 Å². The van der Waals surface area contributed by atoms with Crippen molar-refractivity contribution in [3.63, 3.8) is 0 Å². The third-order valence-corrected chi connectivity index (χ3v) is 4.30. The zero-order chi connectivity index (χ0) is 16.1. The quantitative estimate of drug-likeness (QED) is 0.841. The van der Waals surface area contributed by atoms with Crippen LogP contribution in [0.25, 0.3) is 0 Å². The van der Waals surface area contributed by atoms with Crippen LogP contribution in [0.1, 0.15) is 58.9 Å². The maximum atomic E-state index is 11.7. The van der Waals surface area contributed by atoms with Gasteiger partial charge in [-0.25, -0.2) is 4.79 Å². The maximum Gasteiger partial charge on any atom is 0.335 e. The number of carbonyl (C=O) groups is 1. The first-order valence-corrected chi connectivity index (χ1v) is 8.05. The Balaban J connectivity index is 2.65. The van der Waals surface area contributed by atoms with Gasteiger partial charge in [-0.05, 0) is 59.6 Å². The number of rotatable bonds is 6. The van der Waals surface area contributed by atoms with Crippen molar-refractivity contribution in [3.05, 3.63) is 69.8 Å². The van der Waals surface area contributed by atoms with Crippen molar-refractivity contribution in [2.75, 3.05) is 0 Å². The molecule has 2 aromatic rings. The van der Waals surface area contributed by atoms with Gasteiger partial charge in [0.05, 0.1) is 5.56 Å². The largest absolute Gasteiger partial charge is 0.478 e. The van der Waals surface area contributed by atoms with E-state index in [1.807, 2.05) is 24.3 Å². The molecule has 0 saturated heterocycles. The fourth-order valence-electron chi connectivity index (χ4n) is 3.26. The summed E-state index contributed by atoms with van der Waals surface area (Å²) in [5.74, 6) is -0.821. The Labute approximate surface area is 132 Å². The molecule has 0 amide bonds. The van der Waals surface area contributed by atoms with Crippen molar-refractivity contribution in [2.24, 2.45) is 0 Å². The van der Waals surface area contributed by atoms with Gasteiger partial charge in [0.15, 0.2) is 0 Å². The molecule has 1 N–H and O–H groups in total. The lowest BCUT2D eigenvalue weighted by molar-refractivity contribution is 0.0695. The third-order valence-electron chi connectivity index (χ3n) is 4.30. The van der Waals surface area contributed by atoms with E-state index < -0.39 is 5.97 Å². The highest BCUT2D eigenvalue weighted by Crippen LogP contribution is 2.28. The zero-order valence-corrected chi connectivity index (χ0v) is 13.6. The van der Waals surface area contributed by atoms with E-state index in [1.54, 1.807) is 0 Å². The summed E-state index contributed by atoms with van der Waals surface area (Å²) in [6.07, 6.45) is 3.39. The lowest BCUT2D eigenvalue weighted by Crippen LogP contribution is -2.12. The molecule has 0 spiro atoms. The second-order valence-corrected chi connectivity index (χ2v) is 5.55. The molecule has 0 saturated carbocycles. The van der Waals surface area contributed by atoms with Crippen molar-refractivity contribution in [1.82, 2.24) is 0 Å². The SMILES string of the molecule is CCc1cc(C(=O)O)c(Cc2ccccc2)c(CC)c1CC. The summed E-state index contributed by atoms with van der Waals surface area (Å²) >= 11 is 0. The molecule has 2 aromatic carbocycles. The molecule has 2 heteroatoms. The lowest BCUT2D eigenvalue weighted by atomic mass is 9.85. The van der Waals surface area contributed by atoms with Crippen LogP contribution < -0.4 is 0 Å². The maximum absolute atomic E-state index is 11.7. The van der Waals surface area contributed by atoms with Gasteiger partial charge in [-0.15, -0.1) is 0 Å². The normalized spacial score (nSPS) is 10.7. The van der Waals surface area contributed by atoms with Crippen molar-refractivity contribution in [3.8, 4) is 0 Å². The van der Waals surface area contributed by atoms with Gasteiger partial charge in [0.2, 0.25) is 0 Å². The van der Waals surface area contributed by atoms with Gasteiger partial charge in [0.1, 0.15) is 0 Å². The third kappa shape index (κ3) is 3.22. The molecule has 2 nitrogen and oxygen atoms in total. The molecule has 0 bridgehead atoms. The van der Waals surface area contributed by atoms with Crippen LogP contribution in [0.2, 0.25) is 0 Å². The Bertz CT molecular complexity index is 657. The van der Waals surface area contributed by atoms with E-state index in [4.69, 9.17) is 0 Å². The number of carboxylic acids is 1. The van der Waals surface area contributed by atoms with Crippen LogP contribution in [0.4, 0.5) is 0 Å². The molecule has 0 unspecified atom stereocenters. The molecule has 0 aliphatic heterocycles. The summed E-state index contributed by atoms with van der Waals surface area (Å²) in [7, 11) is 0. The summed E-state index contributed by atoms with van der Waals surface area (Å²) in [5.41, 5.74) is 6.34. The Hall–Kier alpha value is -2.09. The predicted octanol–water partition coefficient (Wildman–Crippen LogP) is 4.66. The Morgan fingerprint density at radius 2 is 1.55 bits per heavy atom. The smallest absolute Gasteiger partial charge is 0.335 e. The van der Waals surface area contributed by atoms with Gasteiger partial charge in [-0.3, -0.25) is 0 Å². The van der Waals surface area contributed by atoms with Gasteiger partial charge in [-0.1, -0.05) is 51.1 Å². The van der Waals surface area contributed by atoms with E-state index in [1.165, 1.54) is 16.7 Å². The molecule has 116 valence electrons. The van der Waals surface area contributed by atoms with Crippen molar-refractivity contribution < 1.29 is 9.90 Å². The number of aryl methyl sites for hydroxylation is 1. The number of benzene rings is 2. The van der Waals surface area contributed by atoms with Crippen molar-refractivity contribution in [2.45, 2.75) is 46.5 Å². The molecule has 0 atom stereocenters. The number of carboxylic acid groups (broad SMARTS) is 1.